The summed E-state index contributed by atoms with van der Waals surface area (Å²) < 4.78 is 0. The second kappa shape index (κ2) is 6.17. The average molecular weight is 283 g/mol. The Hall–Kier alpha value is -1.37. The van der Waals surface area contributed by atoms with Crippen LogP contribution < -0.4 is 5.32 Å². The van der Waals surface area contributed by atoms with Gasteiger partial charge in [0, 0.05) is 12.6 Å². The van der Waals surface area contributed by atoms with Crippen molar-refractivity contribution in [3.63, 3.8) is 0 Å². The van der Waals surface area contributed by atoms with Crippen LogP contribution in [0.25, 0.3) is 0 Å². The molecule has 1 aliphatic heterocycles. The number of rotatable bonds is 4. The molecule has 3 rings (SSSR count). The van der Waals surface area contributed by atoms with Crippen molar-refractivity contribution in [3.8, 4) is 6.07 Å². The number of nitrogens with one attached hydrogen (secondary N) is 1. The summed E-state index contributed by atoms with van der Waals surface area (Å²) >= 11 is 0. The van der Waals surface area contributed by atoms with Gasteiger partial charge in [-0.1, -0.05) is 43.2 Å². The monoisotopic (exact) mass is 283 g/mol. The highest BCUT2D eigenvalue weighted by molar-refractivity contribution is 5.32. The van der Waals surface area contributed by atoms with Gasteiger partial charge in [-0.05, 0) is 44.3 Å². The molecule has 0 aromatic heterocycles. The van der Waals surface area contributed by atoms with E-state index in [0.717, 1.165) is 24.6 Å². The van der Waals surface area contributed by atoms with Crippen molar-refractivity contribution in [2.75, 3.05) is 20.1 Å². The molecule has 3 heteroatoms. The molecule has 21 heavy (non-hydrogen) atoms. The lowest BCUT2D eigenvalue weighted by molar-refractivity contribution is 0.152. The maximum Gasteiger partial charge on any atom is 0.144 e. The lowest BCUT2D eigenvalue weighted by Gasteiger charge is -2.37. The van der Waals surface area contributed by atoms with E-state index in [1.165, 1.54) is 32.1 Å². The van der Waals surface area contributed by atoms with Gasteiger partial charge in [0.05, 0.1) is 6.07 Å². The van der Waals surface area contributed by atoms with Crippen LogP contribution in [0.2, 0.25) is 0 Å². The number of likely N-dealkylation sites (N-methyl/N-ethyl adjacent to an activating group) is 1. The predicted molar refractivity (Wildman–Crippen MR) is 84.7 cm³/mol. The van der Waals surface area contributed by atoms with E-state index < -0.39 is 5.54 Å². The number of benzene rings is 1. The third-order valence-electron chi connectivity index (χ3n) is 5.45. The predicted octanol–water partition coefficient (Wildman–Crippen LogP) is 2.89. The topological polar surface area (TPSA) is 39.1 Å². The van der Waals surface area contributed by atoms with E-state index in [-0.39, 0.29) is 0 Å². The van der Waals surface area contributed by atoms with Gasteiger partial charge in [0.25, 0.3) is 0 Å². The van der Waals surface area contributed by atoms with Crippen LogP contribution in [0.15, 0.2) is 30.3 Å². The number of hydrogen-bond acceptors (Lipinski definition) is 3. The number of nitrogens with zero attached hydrogens (tertiary/aromatic N) is 2. The van der Waals surface area contributed by atoms with E-state index in [2.05, 4.69) is 28.4 Å². The summed E-state index contributed by atoms with van der Waals surface area (Å²) in [5, 5.41) is 13.1. The molecule has 0 spiro atoms. The Morgan fingerprint density at radius 1 is 1.24 bits per heavy atom. The third-order valence-corrected chi connectivity index (χ3v) is 5.45. The van der Waals surface area contributed by atoms with E-state index in [0.29, 0.717) is 6.04 Å². The minimum absolute atomic E-state index is 0.590. The minimum atomic E-state index is -0.590. The van der Waals surface area contributed by atoms with Crippen LogP contribution >= 0.6 is 0 Å². The quantitative estimate of drug-likeness (QED) is 0.923. The second-order valence-electron chi connectivity index (χ2n) is 6.50. The molecule has 0 amide bonds. The van der Waals surface area contributed by atoms with Crippen molar-refractivity contribution in [1.29, 1.82) is 5.26 Å². The van der Waals surface area contributed by atoms with E-state index in [9.17, 15) is 5.26 Å². The van der Waals surface area contributed by atoms with Crippen molar-refractivity contribution >= 4 is 0 Å². The summed E-state index contributed by atoms with van der Waals surface area (Å²) in [5.74, 6) is 0.864. The van der Waals surface area contributed by atoms with Crippen molar-refractivity contribution < 1.29 is 0 Å². The van der Waals surface area contributed by atoms with Crippen LogP contribution in [0.1, 0.15) is 37.7 Å². The van der Waals surface area contributed by atoms with Gasteiger partial charge in [-0.25, -0.2) is 0 Å². The van der Waals surface area contributed by atoms with Crippen molar-refractivity contribution in [1.82, 2.24) is 10.2 Å². The number of nitriles is 1. The summed E-state index contributed by atoms with van der Waals surface area (Å²) in [6, 6.07) is 13.4. The molecule has 1 saturated heterocycles. The molecule has 1 aromatic rings. The highest BCUT2D eigenvalue weighted by Crippen LogP contribution is 2.37. The minimum Gasteiger partial charge on any atom is -0.298 e. The first-order valence-electron chi connectivity index (χ1n) is 8.19. The largest absolute Gasteiger partial charge is 0.298 e. The normalized spacial score (nSPS) is 28.6. The molecule has 1 aliphatic carbocycles. The van der Waals surface area contributed by atoms with Gasteiger partial charge in [0.1, 0.15) is 5.54 Å². The maximum atomic E-state index is 9.85. The molecular weight excluding hydrogens is 258 g/mol. The molecule has 112 valence electrons. The molecule has 3 unspecified atom stereocenters. The molecule has 1 heterocycles. The molecular formula is C18H25N3. The second-order valence-corrected chi connectivity index (χ2v) is 6.50. The van der Waals surface area contributed by atoms with Gasteiger partial charge in [-0.2, -0.15) is 5.26 Å². The first-order valence-corrected chi connectivity index (χ1v) is 8.19. The van der Waals surface area contributed by atoms with E-state index >= 15 is 0 Å². The van der Waals surface area contributed by atoms with Crippen LogP contribution in [0.4, 0.5) is 0 Å². The zero-order valence-corrected chi connectivity index (χ0v) is 12.9. The van der Waals surface area contributed by atoms with Crippen LogP contribution in [0.3, 0.4) is 0 Å². The summed E-state index contributed by atoms with van der Waals surface area (Å²) in [4.78, 5) is 2.57. The van der Waals surface area contributed by atoms with Crippen LogP contribution in [-0.4, -0.2) is 31.1 Å². The molecule has 3 nitrogen and oxygen atoms in total. The van der Waals surface area contributed by atoms with Gasteiger partial charge in [-0.3, -0.25) is 10.2 Å². The number of likely N-dealkylation sites (tertiary alicyclic amines) is 1. The Kier molecular flexibility index (Phi) is 4.28. The summed E-state index contributed by atoms with van der Waals surface area (Å²) in [6.07, 6.45) is 6.74. The molecule has 0 bridgehead atoms. The zero-order chi connectivity index (χ0) is 14.7. The molecule has 1 N–H and O–H groups in total. The van der Waals surface area contributed by atoms with Crippen molar-refractivity contribution in [3.05, 3.63) is 35.9 Å². The van der Waals surface area contributed by atoms with Gasteiger partial charge in [0.15, 0.2) is 0 Å². The van der Waals surface area contributed by atoms with Gasteiger partial charge in [0.2, 0.25) is 0 Å². The standard InChI is InChI=1S/C18H25N3/c1-20-18(13-19,16-8-3-2-4-9-16)14-21-12-11-15-7-5-6-10-17(15)21/h2-4,8-9,15,17,20H,5-7,10-12,14H2,1H3. The Bertz CT molecular complexity index is 507. The van der Waals surface area contributed by atoms with Crippen LogP contribution in [-0.2, 0) is 5.54 Å². The van der Waals surface area contributed by atoms with Crippen molar-refractivity contribution in [2.45, 2.75) is 43.7 Å². The number of hydrogen-bond donors (Lipinski definition) is 1. The summed E-state index contributed by atoms with van der Waals surface area (Å²) in [6.45, 7) is 1.94. The van der Waals surface area contributed by atoms with Gasteiger partial charge < -0.3 is 0 Å². The average Bonchev–Trinajstić information content (AvgIpc) is 2.96. The zero-order valence-electron chi connectivity index (χ0n) is 12.9. The molecule has 2 aliphatic rings. The molecule has 2 fully saturated rings. The number of fused-ring (bicyclic) bond motifs is 1. The summed E-state index contributed by atoms with van der Waals surface area (Å²) in [5.41, 5.74) is 0.488. The molecule has 1 saturated carbocycles. The fraction of sp³-hybridized carbons (Fsp3) is 0.611. The van der Waals surface area contributed by atoms with Crippen molar-refractivity contribution in [2.24, 2.45) is 5.92 Å². The maximum absolute atomic E-state index is 9.85. The van der Waals surface area contributed by atoms with E-state index in [1.807, 2.05) is 25.2 Å². The third kappa shape index (κ3) is 2.71. The van der Waals surface area contributed by atoms with Crippen LogP contribution in [0, 0.1) is 17.2 Å². The first kappa shape index (κ1) is 14.6. The SMILES string of the molecule is CNC(C#N)(CN1CCC2CCCCC21)c1ccccc1. The Morgan fingerprint density at radius 2 is 2.00 bits per heavy atom. The Morgan fingerprint density at radius 3 is 2.71 bits per heavy atom. The Labute approximate surface area is 128 Å². The fourth-order valence-electron chi connectivity index (χ4n) is 4.20. The lowest BCUT2D eigenvalue weighted by atomic mass is 9.84. The van der Waals surface area contributed by atoms with Gasteiger partial charge in [-0.15, -0.1) is 0 Å². The van der Waals surface area contributed by atoms with E-state index in [1.54, 1.807) is 0 Å². The highest BCUT2D eigenvalue weighted by atomic mass is 15.2. The molecule has 0 radical (unpaired) electrons. The van der Waals surface area contributed by atoms with E-state index in [4.69, 9.17) is 0 Å². The smallest absolute Gasteiger partial charge is 0.144 e. The van der Waals surface area contributed by atoms with Gasteiger partial charge >= 0.3 is 0 Å². The fourth-order valence-corrected chi connectivity index (χ4v) is 4.20. The first-order chi connectivity index (χ1) is 10.3. The molecule has 1 aromatic carbocycles. The molecule has 3 atom stereocenters. The van der Waals surface area contributed by atoms with Crippen LogP contribution in [0.5, 0.6) is 0 Å². The highest BCUT2D eigenvalue weighted by Gasteiger charge is 2.41. The Balaban J connectivity index is 1.81. The summed E-state index contributed by atoms with van der Waals surface area (Å²) in [7, 11) is 1.91. The lowest BCUT2D eigenvalue weighted by Crippen LogP contribution is -2.50.